The lowest BCUT2D eigenvalue weighted by atomic mass is 10.2. The Hall–Kier alpha value is -1.91. The first-order valence-corrected chi connectivity index (χ1v) is 5.21. The van der Waals surface area contributed by atoms with Crippen molar-refractivity contribution in [1.29, 1.82) is 0 Å². The molecule has 84 valence electrons. The zero-order valence-corrected chi connectivity index (χ0v) is 9.27. The van der Waals surface area contributed by atoms with Crippen molar-refractivity contribution in [2.75, 3.05) is 0 Å². The second-order valence-corrected chi connectivity index (χ2v) is 3.74. The molecule has 0 saturated carbocycles. The van der Waals surface area contributed by atoms with Gasteiger partial charge in [0.1, 0.15) is 0 Å². The summed E-state index contributed by atoms with van der Waals surface area (Å²) in [5.41, 5.74) is 2.32. The van der Waals surface area contributed by atoms with Crippen LogP contribution in [0.2, 0.25) is 0 Å². The zero-order valence-electron chi connectivity index (χ0n) is 9.27. The van der Waals surface area contributed by atoms with Crippen LogP contribution in [0.25, 0.3) is 5.65 Å². The number of fused-ring (bicyclic) bond motifs is 1. The van der Waals surface area contributed by atoms with E-state index in [4.69, 9.17) is 5.11 Å². The Bertz CT molecular complexity index is 545. The third-order valence-corrected chi connectivity index (χ3v) is 2.33. The molecule has 2 aromatic rings. The summed E-state index contributed by atoms with van der Waals surface area (Å²) < 4.78 is 1.39. The highest BCUT2D eigenvalue weighted by Crippen LogP contribution is 2.11. The van der Waals surface area contributed by atoms with Crippen LogP contribution in [0.3, 0.4) is 0 Å². The quantitative estimate of drug-likeness (QED) is 0.852. The summed E-state index contributed by atoms with van der Waals surface area (Å²) in [4.78, 5) is 15.3. The third-order valence-electron chi connectivity index (χ3n) is 2.33. The van der Waals surface area contributed by atoms with Crippen molar-refractivity contribution < 1.29 is 9.90 Å². The van der Waals surface area contributed by atoms with Crippen molar-refractivity contribution >= 4 is 11.6 Å². The normalized spacial score (nSPS) is 10.9. The fourth-order valence-electron chi connectivity index (χ4n) is 1.68. The van der Waals surface area contributed by atoms with Crippen LogP contribution in [0.1, 0.15) is 35.2 Å². The van der Waals surface area contributed by atoms with E-state index < -0.39 is 5.97 Å². The van der Waals surface area contributed by atoms with Crippen molar-refractivity contribution in [2.24, 2.45) is 0 Å². The Morgan fingerprint density at radius 1 is 1.50 bits per heavy atom. The van der Waals surface area contributed by atoms with Crippen LogP contribution in [-0.4, -0.2) is 25.7 Å². The molecule has 5 nitrogen and oxygen atoms in total. The predicted molar refractivity (Wildman–Crippen MR) is 58.7 cm³/mol. The molecular formula is C11H13N3O2. The molecule has 0 saturated heterocycles. The highest BCUT2D eigenvalue weighted by Gasteiger charge is 2.12. The molecule has 0 unspecified atom stereocenters. The summed E-state index contributed by atoms with van der Waals surface area (Å²) in [7, 11) is 0. The number of carboxylic acids is 1. The van der Waals surface area contributed by atoms with E-state index in [1.54, 1.807) is 6.92 Å². The van der Waals surface area contributed by atoms with Crippen LogP contribution in [0.4, 0.5) is 0 Å². The van der Waals surface area contributed by atoms with Crippen LogP contribution in [-0.2, 0) is 6.42 Å². The number of hydrogen-bond acceptors (Lipinski definition) is 3. The van der Waals surface area contributed by atoms with Gasteiger partial charge >= 0.3 is 5.97 Å². The average molecular weight is 219 g/mol. The van der Waals surface area contributed by atoms with Crippen molar-refractivity contribution in [2.45, 2.75) is 26.7 Å². The summed E-state index contributed by atoms with van der Waals surface area (Å²) in [6.07, 6.45) is 1.81. The zero-order chi connectivity index (χ0) is 11.7. The lowest BCUT2D eigenvalue weighted by Gasteiger charge is -2.00. The number of hydrogen-bond donors (Lipinski definition) is 1. The number of aromatic nitrogens is 3. The number of aromatic carboxylic acids is 1. The Morgan fingerprint density at radius 2 is 2.25 bits per heavy atom. The summed E-state index contributed by atoms with van der Waals surface area (Å²) in [6, 6.07) is 3.36. The minimum absolute atomic E-state index is 0.157. The van der Waals surface area contributed by atoms with Gasteiger partial charge in [0.25, 0.3) is 0 Å². The number of nitrogens with zero attached hydrogens (tertiary/aromatic N) is 3. The van der Waals surface area contributed by atoms with Crippen molar-refractivity contribution in [3.63, 3.8) is 0 Å². The number of carbonyl (C=O) groups is 1. The van der Waals surface area contributed by atoms with E-state index in [9.17, 15) is 4.79 Å². The molecule has 0 aliphatic heterocycles. The second kappa shape index (κ2) is 3.92. The summed E-state index contributed by atoms with van der Waals surface area (Å²) in [5.74, 6) is -0.985. The van der Waals surface area contributed by atoms with E-state index in [1.807, 2.05) is 6.07 Å². The highest BCUT2D eigenvalue weighted by molar-refractivity contribution is 5.86. The largest absolute Gasteiger partial charge is 0.477 e. The smallest absolute Gasteiger partial charge is 0.354 e. The molecule has 1 N–H and O–H groups in total. The molecule has 0 aliphatic carbocycles. The molecule has 0 amide bonds. The van der Waals surface area contributed by atoms with Gasteiger partial charge in [-0.05, 0) is 19.4 Å². The van der Waals surface area contributed by atoms with Gasteiger partial charge in [-0.1, -0.05) is 13.3 Å². The van der Waals surface area contributed by atoms with Crippen molar-refractivity contribution in [3.05, 3.63) is 29.2 Å². The molecule has 0 fully saturated rings. The molecule has 0 aromatic carbocycles. The molecular weight excluding hydrogens is 206 g/mol. The van der Waals surface area contributed by atoms with E-state index in [0.29, 0.717) is 11.3 Å². The van der Waals surface area contributed by atoms with E-state index >= 15 is 0 Å². The standard InChI is InChI=1S/C11H13N3O2/c1-3-4-8-6-10-12-7(2)5-9(11(15)16)14(10)13-8/h5-6H,3-4H2,1-2H3,(H,15,16). The maximum atomic E-state index is 11.0. The van der Waals surface area contributed by atoms with E-state index in [-0.39, 0.29) is 5.69 Å². The molecule has 0 aliphatic rings. The number of rotatable bonds is 3. The second-order valence-electron chi connectivity index (χ2n) is 3.74. The predicted octanol–water partition coefficient (Wildman–Crippen LogP) is 1.69. The molecule has 0 radical (unpaired) electrons. The topological polar surface area (TPSA) is 67.5 Å². The number of carboxylic acid groups (broad SMARTS) is 1. The summed E-state index contributed by atoms with van der Waals surface area (Å²) in [6.45, 7) is 3.83. The fourth-order valence-corrected chi connectivity index (χ4v) is 1.68. The third kappa shape index (κ3) is 1.76. The molecule has 0 spiro atoms. The monoisotopic (exact) mass is 219 g/mol. The van der Waals surface area contributed by atoms with Crippen LogP contribution in [0, 0.1) is 6.92 Å². The molecule has 5 heteroatoms. The highest BCUT2D eigenvalue weighted by atomic mass is 16.4. The molecule has 2 heterocycles. The average Bonchev–Trinajstić information content (AvgIpc) is 2.59. The van der Waals surface area contributed by atoms with E-state index in [1.165, 1.54) is 10.6 Å². The van der Waals surface area contributed by atoms with Gasteiger partial charge in [0, 0.05) is 11.8 Å². The first-order valence-electron chi connectivity index (χ1n) is 5.21. The van der Waals surface area contributed by atoms with Crippen LogP contribution in [0.5, 0.6) is 0 Å². The molecule has 2 rings (SSSR count). The summed E-state index contributed by atoms with van der Waals surface area (Å²) in [5, 5.41) is 13.3. The van der Waals surface area contributed by atoms with Gasteiger partial charge in [0.05, 0.1) is 5.69 Å². The minimum Gasteiger partial charge on any atom is -0.477 e. The Labute approximate surface area is 92.7 Å². The Balaban J connectivity index is 2.65. The lowest BCUT2D eigenvalue weighted by molar-refractivity contribution is 0.0687. The van der Waals surface area contributed by atoms with Gasteiger partial charge in [-0.2, -0.15) is 5.10 Å². The van der Waals surface area contributed by atoms with Gasteiger partial charge in [0.15, 0.2) is 11.3 Å². The fraction of sp³-hybridized carbons (Fsp3) is 0.364. The van der Waals surface area contributed by atoms with Gasteiger partial charge < -0.3 is 5.11 Å². The number of aryl methyl sites for hydroxylation is 2. The first-order chi connectivity index (χ1) is 7.61. The molecule has 2 aromatic heterocycles. The maximum Gasteiger partial charge on any atom is 0.354 e. The van der Waals surface area contributed by atoms with Gasteiger partial charge in [-0.15, -0.1) is 0 Å². The van der Waals surface area contributed by atoms with Gasteiger partial charge in [0.2, 0.25) is 0 Å². The molecule has 0 atom stereocenters. The minimum atomic E-state index is -0.985. The van der Waals surface area contributed by atoms with Crippen molar-refractivity contribution in [1.82, 2.24) is 14.6 Å². The van der Waals surface area contributed by atoms with Gasteiger partial charge in [-0.25, -0.2) is 14.3 Å². The molecule has 16 heavy (non-hydrogen) atoms. The van der Waals surface area contributed by atoms with Crippen LogP contribution in [0.15, 0.2) is 12.1 Å². The van der Waals surface area contributed by atoms with E-state index in [0.717, 1.165) is 18.5 Å². The maximum absolute atomic E-state index is 11.0. The van der Waals surface area contributed by atoms with E-state index in [2.05, 4.69) is 17.0 Å². The first kappa shape index (κ1) is 10.6. The van der Waals surface area contributed by atoms with Crippen LogP contribution >= 0.6 is 0 Å². The van der Waals surface area contributed by atoms with Crippen molar-refractivity contribution in [3.8, 4) is 0 Å². The van der Waals surface area contributed by atoms with Crippen LogP contribution < -0.4 is 0 Å². The van der Waals surface area contributed by atoms with Gasteiger partial charge in [-0.3, -0.25) is 0 Å². The Kier molecular flexibility index (Phi) is 2.60. The SMILES string of the molecule is CCCc1cc2nc(C)cc(C(=O)O)n2n1. The molecule has 0 bridgehead atoms. The summed E-state index contributed by atoms with van der Waals surface area (Å²) >= 11 is 0. The Morgan fingerprint density at radius 3 is 2.88 bits per heavy atom. The lowest BCUT2D eigenvalue weighted by Crippen LogP contribution is -2.08.